The van der Waals surface area contributed by atoms with Crippen molar-refractivity contribution in [2.75, 3.05) is 0 Å². The third-order valence-corrected chi connectivity index (χ3v) is 2.53. The second kappa shape index (κ2) is 4.83. The normalized spacial score (nSPS) is 11.5. The minimum atomic E-state index is 0.673. The highest BCUT2D eigenvalue weighted by Crippen LogP contribution is 2.16. The molecule has 86 valence electrons. The van der Waals surface area contributed by atoms with Crippen LogP contribution >= 0.6 is 0 Å². The average Bonchev–Trinajstić information content (AvgIpc) is 2.29. The number of rotatable bonds is 2. The van der Waals surface area contributed by atoms with E-state index in [4.69, 9.17) is 0 Å². The fourth-order valence-electron chi connectivity index (χ4n) is 1.83. The summed E-state index contributed by atoms with van der Waals surface area (Å²) in [6.07, 6.45) is 1.59. The lowest BCUT2D eigenvalue weighted by Gasteiger charge is -2.05. The molecule has 0 bridgehead atoms. The predicted molar refractivity (Wildman–Crippen MR) is 70.8 cm³/mol. The molecule has 0 fully saturated rings. The molecule has 2 rings (SSSR count). The van der Waals surface area contributed by atoms with Gasteiger partial charge >= 0.3 is 0 Å². The minimum absolute atomic E-state index is 0.673. The van der Waals surface area contributed by atoms with Crippen molar-refractivity contribution in [2.24, 2.45) is 0 Å². The van der Waals surface area contributed by atoms with Crippen LogP contribution in [0.25, 0.3) is 0 Å². The lowest BCUT2D eigenvalue weighted by molar-refractivity contribution is -0.354. The van der Waals surface area contributed by atoms with Gasteiger partial charge in [-0.1, -0.05) is 24.3 Å². The Morgan fingerprint density at radius 3 is 2.12 bits per heavy atom. The van der Waals surface area contributed by atoms with Crippen molar-refractivity contribution in [3.63, 3.8) is 0 Å². The molecule has 2 heteroatoms. The summed E-state index contributed by atoms with van der Waals surface area (Å²) >= 11 is 0. The van der Waals surface area contributed by atoms with E-state index in [1.165, 1.54) is 0 Å². The van der Waals surface area contributed by atoms with Gasteiger partial charge < -0.3 is 5.21 Å². The van der Waals surface area contributed by atoms with Crippen LogP contribution in [0.5, 0.6) is 0 Å². The lowest BCUT2D eigenvalue weighted by Crippen LogP contribution is -1.99. The van der Waals surface area contributed by atoms with Crippen LogP contribution in [0.4, 0.5) is 5.69 Å². The van der Waals surface area contributed by atoms with Gasteiger partial charge in [-0.15, -0.1) is 0 Å². The second-order valence-corrected chi connectivity index (χ2v) is 4.21. The third kappa shape index (κ3) is 2.94. The fourth-order valence-corrected chi connectivity index (χ4v) is 1.83. The van der Waals surface area contributed by atoms with E-state index < -0.39 is 0 Å². The van der Waals surface area contributed by atoms with E-state index >= 15 is 0 Å². The van der Waals surface area contributed by atoms with Crippen LogP contribution in [-0.4, -0.2) is 11.0 Å². The molecular weight excluding hydrogens is 210 g/mol. The minimum Gasteiger partial charge on any atom is -0.618 e. The zero-order valence-corrected chi connectivity index (χ0v) is 10.1. The summed E-state index contributed by atoms with van der Waals surface area (Å²) < 4.78 is 0.912. The first-order chi connectivity index (χ1) is 8.15. The van der Waals surface area contributed by atoms with Crippen LogP contribution in [0.2, 0.25) is 0 Å². The van der Waals surface area contributed by atoms with Gasteiger partial charge in [-0.05, 0) is 37.1 Å². The quantitative estimate of drug-likeness (QED) is 0.332. The molecule has 0 saturated carbocycles. The second-order valence-electron chi connectivity index (χ2n) is 4.21. The zero-order valence-electron chi connectivity index (χ0n) is 10.1. The standard InChI is InChI=1S/C15H15NO/c1-12-8-13(2)10-15(9-12)16(17)11-14-6-4-3-5-7-14/h3-11H,1-2H3. The molecule has 0 N–H and O–H groups in total. The topological polar surface area (TPSA) is 26.1 Å². The van der Waals surface area contributed by atoms with Gasteiger partial charge in [0.25, 0.3) is 0 Å². The van der Waals surface area contributed by atoms with Crippen LogP contribution in [0, 0.1) is 19.1 Å². The van der Waals surface area contributed by atoms with Crippen LogP contribution in [0.15, 0.2) is 48.5 Å². The van der Waals surface area contributed by atoms with Crippen molar-refractivity contribution < 1.29 is 4.74 Å². The molecule has 0 aliphatic rings. The predicted octanol–water partition coefficient (Wildman–Crippen LogP) is 3.56. The Labute approximate surface area is 101 Å². The SMILES string of the molecule is Cc1cc(C)cc([N+]([O-])=Cc2ccccc2)c1. The van der Waals surface area contributed by atoms with Crippen LogP contribution in [-0.2, 0) is 0 Å². The number of aryl methyl sites for hydroxylation is 2. The molecule has 0 aliphatic heterocycles. The van der Waals surface area contributed by atoms with Gasteiger partial charge in [-0.3, -0.25) is 0 Å². The molecule has 2 nitrogen and oxygen atoms in total. The Bertz CT molecular complexity index is 524. The fraction of sp³-hybridized carbons (Fsp3) is 0.133. The highest BCUT2D eigenvalue weighted by molar-refractivity contribution is 5.76. The van der Waals surface area contributed by atoms with Gasteiger partial charge in [0.1, 0.15) is 0 Å². The van der Waals surface area contributed by atoms with Crippen LogP contribution in [0.1, 0.15) is 16.7 Å². The van der Waals surface area contributed by atoms with Gasteiger partial charge in [0.05, 0.1) is 0 Å². The number of nitrogens with zero attached hydrogens (tertiary/aromatic N) is 1. The summed E-state index contributed by atoms with van der Waals surface area (Å²) in [6.45, 7) is 3.99. The van der Waals surface area contributed by atoms with Gasteiger partial charge in [0.2, 0.25) is 5.69 Å². The Hall–Kier alpha value is -2.09. The highest BCUT2D eigenvalue weighted by atomic mass is 16.5. The molecular formula is C15H15NO. The van der Waals surface area contributed by atoms with Crippen molar-refractivity contribution in [2.45, 2.75) is 13.8 Å². The monoisotopic (exact) mass is 225 g/mol. The van der Waals surface area contributed by atoms with Crippen molar-refractivity contribution in [1.82, 2.24) is 0 Å². The molecule has 0 unspecified atom stereocenters. The maximum absolute atomic E-state index is 12.0. The molecule has 0 amide bonds. The zero-order chi connectivity index (χ0) is 12.3. The number of hydrogen-bond donors (Lipinski definition) is 0. The van der Waals surface area contributed by atoms with Gasteiger partial charge in [-0.25, -0.2) is 0 Å². The third-order valence-electron chi connectivity index (χ3n) is 2.53. The molecule has 0 saturated heterocycles. The summed E-state index contributed by atoms with van der Waals surface area (Å²) in [4.78, 5) is 0. The Morgan fingerprint density at radius 2 is 1.53 bits per heavy atom. The molecule has 0 atom stereocenters. The molecule has 0 spiro atoms. The van der Waals surface area contributed by atoms with Crippen molar-refractivity contribution in [3.8, 4) is 0 Å². The van der Waals surface area contributed by atoms with Crippen molar-refractivity contribution in [1.29, 1.82) is 0 Å². The summed E-state index contributed by atoms with van der Waals surface area (Å²) in [5, 5.41) is 12.0. The molecule has 2 aromatic carbocycles. The van der Waals surface area contributed by atoms with Crippen LogP contribution in [0.3, 0.4) is 0 Å². The highest BCUT2D eigenvalue weighted by Gasteiger charge is 2.03. The largest absolute Gasteiger partial charge is 0.618 e. The molecule has 0 radical (unpaired) electrons. The molecule has 0 heterocycles. The summed E-state index contributed by atoms with van der Waals surface area (Å²) in [5.41, 5.74) is 3.78. The van der Waals surface area contributed by atoms with Crippen molar-refractivity contribution >= 4 is 11.9 Å². The van der Waals surface area contributed by atoms with Gasteiger partial charge in [-0.2, -0.15) is 4.74 Å². The van der Waals surface area contributed by atoms with E-state index in [9.17, 15) is 5.21 Å². The van der Waals surface area contributed by atoms with E-state index in [0.29, 0.717) is 5.69 Å². The average molecular weight is 225 g/mol. The van der Waals surface area contributed by atoms with E-state index in [0.717, 1.165) is 21.4 Å². The molecule has 2 aromatic rings. The number of hydrogen-bond acceptors (Lipinski definition) is 1. The maximum Gasteiger partial charge on any atom is 0.217 e. The number of benzene rings is 2. The maximum atomic E-state index is 12.0. The molecule has 0 aromatic heterocycles. The lowest BCUT2D eigenvalue weighted by atomic mass is 10.1. The Kier molecular flexibility index (Phi) is 3.24. The molecule has 0 aliphatic carbocycles. The van der Waals surface area contributed by atoms with E-state index in [1.807, 2.05) is 56.3 Å². The summed E-state index contributed by atoms with van der Waals surface area (Å²) in [5.74, 6) is 0. The Balaban J connectivity index is 2.37. The Morgan fingerprint density at radius 1 is 0.941 bits per heavy atom. The first-order valence-corrected chi connectivity index (χ1v) is 5.60. The summed E-state index contributed by atoms with van der Waals surface area (Å²) in [7, 11) is 0. The van der Waals surface area contributed by atoms with E-state index in [-0.39, 0.29) is 0 Å². The first-order valence-electron chi connectivity index (χ1n) is 5.60. The summed E-state index contributed by atoms with van der Waals surface area (Å²) in [6, 6.07) is 15.4. The molecule has 17 heavy (non-hydrogen) atoms. The van der Waals surface area contributed by atoms with E-state index in [2.05, 4.69) is 6.07 Å². The van der Waals surface area contributed by atoms with Crippen LogP contribution < -0.4 is 0 Å². The first kappa shape index (κ1) is 11.4. The van der Waals surface area contributed by atoms with Gasteiger partial charge in [0.15, 0.2) is 6.21 Å². The smallest absolute Gasteiger partial charge is 0.217 e. The van der Waals surface area contributed by atoms with Crippen molar-refractivity contribution in [3.05, 3.63) is 70.4 Å². The van der Waals surface area contributed by atoms with E-state index in [1.54, 1.807) is 6.21 Å². The van der Waals surface area contributed by atoms with Gasteiger partial charge in [0, 0.05) is 17.7 Å².